The standard InChI is InChI=1S/C23H24FN7O3/c24-14-6-7-15-20(18(14)23(32)33)31(13-4-5-13)16(29-15)8-9-25-21-19-22(27-11-26-21)30(12-28-19)17-3-1-2-10-34-17/h6-7,11-13,17H,1-5,8-10H2,(H,32,33)(H,25,26,27). The largest absolute Gasteiger partial charge is 0.478 e. The van der Waals surface area contributed by atoms with Crippen molar-refractivity contribution in [2.45, 2.75) is 50.8 Å². The first kappa shape index (κ1) is 21.0. The van der Waals surface area contributed by atoms with E-state index in [4.69, 9.17) is 4.74 Å². The fourth-order valence-electron chi connectivity index (χ4n) is 4.75. The van der Waals surface area contributed by atoms with Crippen LogP contribution in [0.1, 0.15) is 60.6 Å². The van der Waals surface area contributed by atoms with E-state index in [-0.39, 0.29) is 17.8 Å². The molecule has 11 heteroatoms. The number of imidazole rings is 2. The van der Waals surface area contributed by atoms with E-state index in [2.05, 4.69) is 25.3 Å². The number of carbonyl (C=O) groups is 1. The molecule has 1 saturated carbocycles. The van der Waals surface area contributed by atoms with Crippen molar-refractivity contribution >= 4 is 34.0 Å². The van der Waals surface area contributed by atoms with Crippen LogP contribution < -0.4 is 5.32 Å². The average Bonchev–Trinajstić information content (AvgIpc) is 3.47. The lowest BCUT2D eigenvalue weighted by molar-refractivity contribution is -0.0298. The molecule has 1 atom stereocenters. The molecule has 4 aromatic rings. The van der Waals surface area contributed by atoms with Gasteiger partial charge in [-0.3, -0.25) is 4.57 Å². The van der Waals surface area contributed by atoms with Gasteiger partial charge >= 0.3 is 5.97 Å². The Morgan fingerprint density at radius 2 is 2.09 bits per heavy atom. The number of carboxylic acid groups (broad SMARTS) is 1. The lowest BCUT2D eigenvalue weighted by atomic mass is 10.1. The zero-order valence-corrected chi connectivity index (χ0v) is 18.4. The number of anilines is 1. The van der Waals surface area contributed by atoms with Crippen LogP contribution in [0.25, 0.3) is 22.2 Å². The minimum Gasteiger partial charge on any atom is -0.478 e. The highest BCUT2D eigenvalue weighted by Gasteiger charge is 2.31. The number of ether oxygens (including phenoxy) is 1. The summed E-state index contributed by atoms with van der Waals surface area (Å²) in [6.07, 6.45) is 8.65. The van der Waals surface area contributed by atoms with E-state index in [0.29, 0.717) is 35.3 Å². The summed E-state index contributed by atoms with van der Waals surface area (Å²) >= 11 is 0. The fourth-order valence-corrected chi connectivity index (χ4v) is 4.75. The van der Waals surface area contributed by atoms with Crippen molar-refractivity contribution in [2.24, 2.45) is 0 Å². The molecule has 34 heavy (non-hydrogen) atoms. The molecule has 2 N–H and O–H groups in total. The topological polar surface area (TPSA) is 120 Å². The fraction of sp³-hybridized carbons (Fsp3) is 0.435. The van der Waals surface area contributed by atoms with Crippen molar-refractivity contribution in [3.63, 3.8) is 0 Å². The number of rotatable bonds is 7. The van der Waals surface area contributed by atoms with E-state index in [0.717, 1.165) is 50.2 Å². The average molecular weight is 465 g/mol. The molecule has 1 unspecified atom stereocenters. The highest BCUT2D eigenvalue weighted by atomic mass is 19.1. The Kier molecular flexibility index (Phi) is 5.13. The number of hydrogen-bond acceptors (Lipinski definition) is 7. The van der Waals surface area contributed by atoms with Crippen molar-refractivity contribution in [2.75, 3.05) is 18.5 Å². The van der Waals surface area contributed by atoms with Crippen LogP contribution in [0.15, 0.2) is 24.8 Å². The summed E-state index contributed by atoms with van der Waals surface area (Å²) in [6.45, 7) is 1.23. The first-order chi connectivity index (χ1) is 16.6. The lowest BCUT2D eigenvalue weighted by Crippen LogP contribution is -2.17. The van der Waals surface area contributed by atoms with Crippen molar-refractivity contribution in [3.8, 4) is 0 Å². The second-order valence-corrected chi connectivity index (χ2v) is 8.77. The molecule has 1 aliphatic carbocycles. The Morgan fingerprint density at radius 3 is 2.85 bits per heavy atom. The third kappa shape index (κ3) is 3.56. The van der Waals surface area contributed by atoms with Gasteiger partial charge in [0.15, 0.2) is 17.0 Å². The van der Waals surface area contributed by atoms with Gasteiger partial charge in [-0.05, 0) is 44.2 Å². The second kappa shape index (κ2) is 8.32. The number of benzene rings is 1. The van der Waals surface area contributed by atoms with E-state index in [1.807, 2.05) is 9.13 Å². The maximum absolute atomic E-state index is 14.3. The number of carboxylic acids is 1. The predicted octanol–water partition coefficient (Wildman–Crippen LogP) is 3.70. The van der Waals surface area contributed by atoms with Gasteiger partial charge in [0.05, 0.1) is 17.4 Å². The van der Waals surface area contributed by atoms with Gasteiger partial charge in [-0.15, -0.1) is 0 Å². The number of fused-ring (bicyclic) bond motifs is 2. The molecule has 2 aliphatic rings. The summed E-state index contributed by atoms with van der Waals surface area (Å²) < 4.78 is 24.1. The highest BCUT2D eigenvalue weighted by Crippen LogP contribution is 2.40. The molecule has 1 aromatic carbocycles. The van der Waals surface area contributed by atoms with Crippen LogP contribution in [0.5, 0.6) is 0 Å². The van der Waals surface area contributed by atoms with Gasteiger partial charge in [0, 0.05) is 25.6 Å². The molecule has 2 fully saturated rings. The van der Waals surface area contributed by atoms with Crippen molar-refractivity contribution < 1.29 is 19.0 Å². The van der Waals surface area contributed by atoms with Crippen LogP contribution in [-0.4, -0.2) is 53.3 Å². The molecule has 0 amide bonds. The molecule has 1 saturated heterocycles. The summed E-state index contributed by atoms with van der Waals surface area (Å²) in [5, 5.41) is 12.9. The van der Waals surface area contributed by atoms with Crippen molar-refractivity contribution in [1.82, 2.24) is 29.1 Å². The number of nitrogens with one attached hydrogen (secondary N) is 1. The highest BCUT2D eigenvalue weighted by molar-refractivity contribution is 6.01. The number of aromatic carboxylic acids is 1. The SMILES string of the molecule is O=C(O)c1c(F)ccc2nc(CCNc3ncnc4c3ncn4C3CCCCO3)n(C3CC3)c12. The molecule has 1 aliphatic heterocycles. The number of nitrogens with zero attached hydrogens (tertiary/aromatic N) is 6. The predicted molar refractivity (Wildman–Crippen MR) is 121 cm³/mol. The monoisotopic (exact) mass is 465 g/mol. The molecule has 6 rings (SSSR count). The molecular formula is C23H24FN7O3. The Balaban J connectivity index is 1.26. The second-order valence-electron chi connectivity index (χ2n) is 8.77. The lowest BCUT2D eigenvalue weighted by Gasteiger charge is -2.23. The summed E-state index contributed by atoms with van der Waals surface area (Å²) in [4.78, 5) is 29.7. The molecule has 3 aromatic heterocycles. The van der Waals surface area contributed by atoms with Gasteiger partial charge < -0.3 is 19.7 Å². The first-order valence-corrected chi connectivity index (χ1v) is 11.6. The van der Waals surface area contributed by atoms with E-state index >= 15 is 0 Å². The van der Waals surface area contributed by atoms with Gasteiger partial charge in [-0.1, -0.05) is 0 Å². The number of aromatic nitrogens is 6. The van der Waals surface area contributed by atoms with E-state index in [1.165, 1.54) is 12.4 Å². The molecule has 10 nitrogen and oxygen atoms in total. The van der Waals surface area contributed by atoms with E-state index < -0.39 is 11.8 Å². The Bertz CT molecular complexity index is 1390. The van der Waals surface area contributed by atoms with Gasteiger partial charge in [-0.2, -0.15) is 0 Å². The minimum absolute atomic E-state index is 0.0659. The minimum atomic E-state index is -1.28. The molecule has 4 heterocycles. The quantitative estimate of drug-likeness (QED) is 0.424. The smallest absolute Gasteiger partial charge is 0.340 e. The van der Waals surface area contributed by atoms with Crippen molar-refractivity contribution in [3.05, 3.63) is 42.0 Å². The summed E-state index contributed by atoms with van der Waals surface area (Å²) in [6, 6.07) is 2.86. The maximum atomic E-state index is 14.3. The Labute approximate surface area is 193 Å². The molecule has 0 spiro atoms. The van der Waals surface area contributed by atoms with E-state index in [9.17, 15) is 14.3 Å². The van der Waals surface area contributed by atoms with Crippen LogP contribution in [0, 0.1) is 5.82 Å². The first-order valence-electron chi connectivity index (χ1n) is 11.6. The summed E-state index contributed by atoms with van der Waals surface area (Å²) in [5.41, 5.74) is 1.93. The third-order valence-corrected chi connectivity index (χ3v) is 6.47. The van der Waals surface area contributed by atoms with Crippen LogP contribution in [0.4, 0.5) is 10.2 Å². The van der Waals surface area contributed by atoms with Crippen LogP contribution >= 0.6 is 0 Å². The molecular weight excluding hydrogens is 441 g/mol. The molecule has 0 bridgehead atoms. The van der Waals surface area contributed by atoms with Gasteiger partial charge in [0.1, 0.15) is 29.8 Å². The van der Waals surface area contributed by atoms with Gasteiger partial charge in [-0.25, -0.2) is 29.1 Å². The maximum Gasteiger partial charge on any atom is 0.340 e. The molecule has 0 radical (unpaired) electrons. The number of halogens is 1. The van der Waals surface area contributed by atoms with Crippen LogP contribution in [-0.2, 0) is 11.2 Å². The zero-order chi connectivity index (χ0) is 23.2. The molecule has 176 valence electrons. The van der Waals surface area contributed by atoms with Gasteiger partial charge in [0.2, 0.25) is 0 Å². The normalized spacial score (nSPS) is 18.6. The van der Waals surface area contributed by atoms with Gasteiger partial charge in [0.25, 0.3) is 0 Å². The Morgan fingerprint density at radius 1 is 1.21 bits per heavy atom. The zero-order valence-electron chi connectivity index (χ0n) is 18.4. The summed E-state index contributed by atoms with van der Waals surface area (Å²) in [7, 11) is 0. The number of hydrogen-bond donors (Lipinski definition) is 2. The Hall–Kier alpha value is -3.60. The van der Waals surface area contributed by atoms with Crippen LogP contribution in [0.2, 0.25) is 0 Å². The van der Waals surface area contributed by atoms with Crippen LogP contribution in [0.3, 0.4) is 0 Å². The summed E-state index contributed by atoms with van der Waals surface area (Å²) in [5.74, 6) is -0.682. The van der Waals surface area contributed by atoms with E-state index in [1.54, 1.807) is 12.4 Å². The van der Waals surface area contributed by atoms with Crippen molar-refractivity contribution in [1.29, 1.82) is 0 Å². The third-order valence-electron chi connectivity index (χ3n) is 6.47.